The molecule has 17 heavy (non-hydrogen) atoms. The van der Waals surface area contributed by atoms with Gasteiger partial charge in [0, 0.05) is 28.7 Å². The summed E-state index contributed by atoms with van der Waals surface area (Å²) in [6, 6.07) is 5.25. The predicted molar refractivity (Wildman–Crippen MR) is 69.6 cm³/mol. The molecule has 0 bridgehead atoms. The number of carboxylic acid groups (broad SMARTS) is 1. The molecule has 0 aliphatic carbocycles. The first-order valence-corrected chi connectivity index (χ1v) is 6.37. The van der Waals surface area contributed by atoms with Gasteiger partial charge in [0.15, 0.2) is 0 Å². The van der Waals surface area contributed by atoms with Gasteiger partial charge in [-0.3, -0.25) is 4.79 Å². The van der Waals surface area contributed by atoms with Crippen LogP contribution in [0.3, 0.4) is 0 Å². The molecule has 1 aromatic rings. The Labute approximate surface area is 109 Å². The van der Waals surface area contributed by atoms with E-state index in [-0.39, 0.29) is 11.2 Å². The van der Waals surface area contributed by atoms with Gasteiger partial charge in [0.05, 0.1) is 11.2 Å². The van der Waals surface area contributed by atoms with Crippen LogP contribution in [-0.4, -0.2) is 28.9 Å². The van der Waals surface area contributed by atoms with Crippen molar-refractivity contribution in [1.29, 1.82) is 0 Å². The summed E-state index contributed by atoms with van der Waals surface area (Å²) in [7, 11) is 0. The van der Waals surface area contributed by atoms with E-state index in [1.54, 1.807) is 18.2 Å². The van der Waals surface area contributed by atoms with E-state index in [0.717, 1.165) is 4.90 Å². The highest BCUT2D eigenvalue weighted by molar-refractivity contribution is 8.01. The van der Waals surface area contributed by atoms with Crippen molar-refractivity contribution in [1.82, 2.24) is 5.32 Å². The smallest absolute Gasteiger partial charge is 0.304 e. The number of hydrogen-bond acceptors (Lipinski definition) is 4. The maximum atomic E-state index is 10.9. The minimum atomic E-state index is -0.792. The lowest BCUT2D eigenvalue weighted by Crippen LogP contribution is -2.57. The number of halogens is 1. The number of aliphatic carboxylic acids is 1. The van der Waals surface area contributed by atoms with E-state index in [4.69, 9.17) is 22.4 Å². The van der Waals surface area contributed by atoms with Crippen LogP contribution < -0.4 is 11.1 Å². The molecule has 0 amide bonds. The summed E-state index contributed by atoms with van der Waals surface area (Å²) < 4.78 is -0.301. The van der Waals surface area contributed by atoms with Gasteiger partial charge in [0.1, 0.15) is 0 Å². The Morgan fingerprint density at radius 2 is 2.29 bits per heavy atom. The topological polar surface area (TPSA) is 75.4 Å². The minimum absolute atomic E-state index is 0.122. The quantitative estimate of drug-likeness (QED) is 0.729. The lowest BCUT2D eigenvalue weighted by atomic mass is 9.98. The average molecular weight is 273 g/mol. The molecule has 1 fully saturated rings. The van der Waals surface area contributed by atoms with Crippen molar-refractivity contribution < 1.29 is 9.90 Å². The molecular weight excluding hydrogens is 260 g/mol. The molecule has 92 valence electrons. The number of nitrogen functional groups attached to an aromatic ring is 1. The highest BCUT2D eigenvalue weighted by Gasteiger charge is 2.40. The highest BCUT2D eigenvalue weighted by atomic mass is 35.5. The fraction of sp³-hybridized carbons (Fsp3) is 0.364. The third-order valence-corrected chi connectivity index (χ3v) is 4.34. The van der Waals surface area contributed by atoms with E-state index in [1.165, 1.54) is 11.8 Å². The van der Waals surface area contributed by atoms with Gasteiger partial charge in [-0.25, -0.2) is 0 Å². The van der Waals surface area contributed by atoms with Gasteiger partial charge in [-0.1, -0.05) is 11.6 Å². The molecule has 0 unspecified atom stereocenters. The number of nitrogens with two attached hydrogens (primary N) is 1. The zero-order chi connectivity index (χ0) is 12.5. The van der Waals surface area contributed by atoms with E-state index in [2.05, 4.69) is 5.32 Å². The Morgan fingerprint density at radius 1 is 1.59 bits per heavy atom. The van der Waals surface area contributed by atoms with Crippen LogP contribution >= 0.6 is 23.4 Å². The Morgan fingerprint density at radius 3 is 2.82 bits per heavy atom. The van der Waals surface area contributed by atoms with Crippen molar-refractivity contribution in [2.45, 2.75) is 16.1 Å². The molecule has 1 saturated heterocycles. The van der Waals surface area contributed by atoms with E-state index < -0.39 is 5.97 Å². The third kappa shape index (κ3) is 2.86. The van der Waals surface area contributed by atoms with Crippen LogP contribution in [0.2, 0.25) is 5.02 Å². The van der Waals surface area contributed by atoms with Crippen LogP contribution in [-0.2, 0) is 4.79 Å². The molecule has 2 rings (SSSR count). The van der Waals surface area contributed by atoms with Gasteiger partial charge in [-0.05, 0) is 18.2 Å². The first kappa shape index (κ1) is 12.5. The molecule has 1 aliphatic heterocycles. The average Bonchev–Trinajstić information content (AvgIpc) is 2.19. The van der Waals surface area contributed by atoms with Gasteiger partial charge in [-0.2, -0.15) is 0 Å². The number of rotatable bonds is 4. The SMILES string of the molecule is Nc1ccc(Cl)cc1SC1(CC(=O)O)CNC1. The fourth-order valence-electron chi connectivity index (χ4n) is 1.74. The van der Waals surface area contributed by atoms with E-state index in [1.807, 2.05) is 0 Å². The zero-order valence-electron chi connectivity index (χ0n) is 9.07. The molecule has 0 radical (unpaired) electrons. The summed E-state index contributed by atoms with van der Waals surface area (Å²) in [5, 5.41) is 12.6. The zero-order valence-corrected chi connectivity index (χ0v) is 10.6. The number of nitrogens with one attached hydrogen (secondary N) is 1. The third-order valence-electron chi connectivity index (χ3n) is 2.67. The molecular formula is C11H13ClN2O2S. The lowest BCUT2D eigenvalue weighted by molar-refractivity contribution is -0.138. The molecule has 4 N–H and O–H groups in total. The lowest BCUT2D eigenvalue weighted by Gasteiger charge is -2.41. The van der Waals surface area contributed by atoms with Gasteiger partial charge < -0.3 is 16.2 Å². The molecule has 4 nitrogen and oxygen atoms in total. The first-order valence-electron chi connectivity index (χ1n) is 5.17. The highest BCUT2D eigenvalue weighted by Crippen LogP contribution is 2.41. The van der Waals surface area contributed by atoms with Gasteiger partial charge in [0.25, 0.3) is 0 Å². The van der Waals surface area contributed by atoms with E-state index in [9.17, 15) is 4.79 Å². The maximum absolute atomic E-state index is 10.9. The van der Waals surface area contributed by atoms with Gasteiger partial charge in [0.2, 0.25) is 0 Å². The summed E-state index contributed by atoms with van der Waals surface area (Å²) >= 11 is 7.41. The number of carbonyl (C=O) groups is 1. The Balaban J connectivity index is 2.18. The summed E-state index contributed by atoms with van der Waals surface area (Å²) in [4.78, 5) is 11.7. The van der Waals surface area contributed by atoms with Crippen molar-refractivity contribution in [3.05, 3.63) is 23.2 Å². The molecule has 1 aromatic carbocycles. The second-order valence-corrected chi connectivity index (χ2v) is 6.09. The van der Waals surface area contributed by atoms with Crippen LogP contribution in [0.25, 0.3) is 0 Å². The summed E-state index contributed by atoms with van der Waals surface area (Å²) in [6.45, 7) is 1.35. The Hall–Kier alpha value is -0.910. The standard InChI is InChI=1S/C11H13ClN2O2S/c12-7-1-2-8(13)9(3-7)17-11(4-10(15)16)5-14-6-11/h1-3,14H,4-6,13H2,(H,15,16). The maximum Gasteiger partial charge on any atom is 0.304 e. The van der Waals surface area contributed by atoms with Crippen molar-refractivity contribution in [2.24, 2.45) is 0 Å². The molecule has 1 heterocycles. The van der Waals surface area contributed by atoms with E-state index >= 15 is 0 Å². The van der Waals surface area contributed by atoms with Crippen LogP contribution in [0.5, 0.6) is 0 Å². The summed E-state index contributed by atoms with van der Waals surface area (Å²) in [6.07, 6.45) is 0.122. The second-order valence-electron chi connectivity index (χ2n) is 4.14. The molecule has 0 atom stereocenters. The fourth-order valence-corrected chi connectivity index (χ4v) is 3.36. The molecule has 0 saturated carbocycles. The molecule has 6 heteroatoms. The minimum Gasteiger partial charge on any atom is -0.481 e. The summed E-state index contributed by atoms with van der Waals surface area (Å²) in [5.74, 6) is -0.792. The van der Waals surface area contributed by atoms with Gasteiger partial charge >= 0.3 is 5.97 Å². The Kier molecular flexibility index (Phi) is 3.51. The number of carboxylic acids is 1. The number of hydrogen-bond donors (Lipinski definition) is 3. The van der Waals surface area contributed by atoms with Gasteiger partial charge in [-0.15, -0.1) is 11.8 Å². The molecule has 1 aliphatic rings. The monoisotopic (exact) mass is 272 g/mol. The largest absolute Gasteiger partial charge is 0.481 e. The molecule has 0 spiro atoms. The van der Waals surface area contributed by atoms with Crippen LogP contribution in [0.4, 0.5) is 5.69 Å². The Bertz CT molecular complexity index is 449. The number of benzene rings is 1. The second kappa shape index (κ2) is 4.76. The van der Waals surface area contributed by atoms with E-state index in [0.29, 0.717) is 23.8 Å². The predicted octanol–water partition coefficient (Wildman–Crippen LogP) is 1.83. The van der Waals surface area contributed by atoms with Crippen LogP contribution in [0.1, 0.15) is 6.42 Å². The van der Waals surface area contributed by atoms with Crippen LogP contribution in [0, 0.1) is 0 Å². The number of thioether (sulfide) groups is 1. The van der Waals surface area contributed by atoms with Crippen LogP contribution in [0.15, 0.2) is 23.1 Å². The van der Waals surface area contributed by atoms with Crippen molar-refractivity contribution in [3.63, 3.8) is 0 Å². The number of anilines is 1. The van der Waals surface area contributed by atoms with Crippen molar-refractivity contribution >= 4 is 35.0 Å². The molecule has 0 aromatic heterocycles. The van der Waals surface area contributed by atoms with Crippen molar-refractivity contribution in [2.75, 3.05) is 18.8 Å². The van der Waals surface area contributed by atoms with Crippen molar-refractivity contribution in [3.8, 4) is 0 Å². The normalized spacial score (nSPS) is 17.5. The first-order chi connectivity index (χ1) is 8.01. The summed E-state index contributed by atoms with van der Waals surface area (Å²) in [5.41, 5.74) is 6.49.